The van der Waals surface area contributed by atoms with E-state index in [2.05, 4.69) is 4.74 Å². The van der Waals surface area contributed by atoms with Crippen LogP contribution in [0.15, 0.2) is 35.2 Å². The summed E-state index contributed by atoms with van der Waals surface area (Å²) in [5.41, 5.74) is 0. The van der Waals surface area contributed by atoms with E-state index in [1.165, 1.54) is 18.2 Å². The van der Waals surface area contributed by atoms with Gasteiger partial charge in [0.2, 0.25) is 0 Å². The molecule has 1 aromatic rings. The van der Waals surface area contributed by atoms with Crippen molar-refractivity contribution in [3.8, 4) is 0 Å². The highest BCUT2D eigenvalue weighted by atomic mass is 32.2. The molecule has 0 aliphatic rings. The highest BCUT2D eigenvalue weighted by molar-refractivity contribution is 7.90. The van der Waals surface area contributed by atoms with Crippen LogP contribution in [-0.4, -0.2) is 42.9 Å². The van der Waals surface area contributed by atoms with Gasteiger partial charge in [-0.3, -0.25) is 4.79 Å². The van der Waals surface area contributed by atoms with Crippen molar-refractivity contribution in [3.05, 3.63) is 30.3 Å². The molecule has 1 rings (SSSR count). The summed E-state index contributed by atoms with van der Waals surface area (Å²) in [5, 5.41) is 8.54. The van der Waals surface area contributed by atoms with Crippen LogP contribution in [-0.2, 0) is 24.3 Å². The van der Waals surface area contributed by atoms with E-state index >= 15 is 0 Å². The number of benzene rings is 1. The molecule has 0 saturated carbocycles. The van der Waals surface area contributed by atoms with Crippen molar-refractivity contribution in [1.82, 2.24) is 4.31 Å². The van der Waals surface area contributed by atoms with Gasteiger partial charge in [0.25, 0.3) is 10.0 Å². The van der Waals surface area contributed by atoms with Crippen LogP contribution in [0.25, 0.3) is 0 Å². The zero-order chi connectivity index (χ0) is 14.6. The molecule has 0 fully saturated rings. The molecule has 2 amide bonds. The molecule has 0 aromatic heterocycles. The van der Waals surface area contributed by atoms with Crippen LogP contribution in [0.4, 0.5) is 4.79 Å². The maximum Gasteiger partial charge on any atom is 0.431 e. The van der Waals surface area contributed by atoms with Gasteiger partial charge in [0.05, 0.1) is 12.0 Å². The second-order valence-corrected chi connectivity index (χ2v) is 4.95. The van der Waals surface area contributed by atoms with Crippen LogP contribution < -0.4 is 0 Å². The van der Waals surface area contributed by atoms with E-state index in [0.717, 1.165) is 19.2 Å². The first-order valence-electron chi connectivity index (χ1n) is 4.78. The third kappa shape index (κ3) is 2.88. The number of ether oxygens (including phenoxy) is 1. The normalized spacial score (nSPS) is 10.6. The third-order valence-electron chi connectivity index (χ3n) is 1.99. The highest BCUT2D eigenvalue weighted by Crippen LogP contribution is 2.16. The highest BCUT2D eigenvalue weighted by Gasteiger charge is 2.39. The molecule has 0 aliphatic heterocycles. The van der Waals surface area contributed by atoms with Gasteiger partial charge in [-0.05, 0) is 12.1 Å². The largest absolute Gasteiger partial charge is 0.474 e. The number of hydrogen-bond acceptors (Lipinski definition) is 6. The van der Waals surface area contributed by atoms with Crippen molar-refractivity contribution in [1.29, 1.82) is 0 Å². The van der Waals surface area contributed by atoms with Gasteiger partial charge in [-0.2, -0.15) is 0 Å². The molecule has 0 heterocycles. The summed E-state index contributed by atoms with van der Waals surface area (Å²) in [7, 11) is -3.80. The molecule has 0 saturated heterocycles. The summed E-state index contributed by atoms with van der Waals surface area (Å²) < 4.78 is 27.7. The Morgan fingerprint density at radius 2 is 1.68 bits per heavy atom. The van der Waals surface area contributed by atoms with Crippen LogP contribution in [0.2, 0.25) is 0 Å². The van der Waals surface area contributed by atoms with Crippen molar-refractivity contribution in [3.63, 3.8) is 0 Å². The minimum atomic E-state index is -4.63. The lowest BCUT2D eigenvalue weighted by molar-refractivity contribution is -0.152. The Morgan fingerprint density at radius 1 is 1.16 bits per heavy atom. The number of carbonyl (C=O) groups is 3. The van der Waals surface area contributed by atoms with E-state index < -0.39 is 37.2 Å². The Bertz CT molecular complexity index is 608. The number of amides is 2. The van der Waals surface area contributed by atoms with Gasteiger partial charge in [-0.1, -0.05) is 18.2 Å². The standard InChI is InChI=1S/C10H9NO7S/c1-18-10(15)11(8(12)9(13)14)19(16,17)7-5-3-2-4-6-7/h2-6H,1H3,(H,13,14). The number of methoxy groups -OCH3 is 1. The number of rotatable bonds is 2. The van der Waals surface area contributed by atoms with Gasteiger partial charge in [0.15, 0.2) is 0 Å². The topological polar surface area (TPSA) is 118 Å². The van der Waals surface area contributed by atoms with Crippen LogP contribution in [0.1, 0.15) is 0 Å². The predicted octanol–water partition coefficient (Wildman–Crippen LogP) is 0.0549. The van der Waals surface area contributed by atoms with Crippen molar-refractivity contribution < 1.29 is 32.6 Å². The van der Waals surface area contributed by atoms with Gasteiger partial charge in [-0.25, -0.2) is 18.0 Å². The fourth-order valence-electron chi connectivity index (χ4n) is 1.16. The molecule has 0 bridgehead atoms. The first kappa shape index (κ1) is 14.6. The van der Waals surface area contributed by atoms with Crippen molar-refractivity contribution in [2.24, 2.45) is 0 Å². The number of carbonyl (C=O) groups excluding carboxylic acids is 2. The van der Waals surface area contributed by atoms with Gasteiger partial charge in [-0.15, -0.1) is 4.31 Å². The predicted molar refractivity (Wildman–Crippen MR) is 60.5 cm³/mol. The molecule has 0 spiro atoms. The zero-order valence-electron chi connectivity index (χ0n) is 9.64. The molecule has 0 radical (unpaired) electrons. The summed E-state index contributed by atoms with van der Waals surface area (Å²) in [6.45, 7) is 0. The first-order valence-corrected chi connectivity index (χ1v) is 6.22. The van der Waals surface area contributed by atoms with E-state index in [9.17, 15) is 22.8 Å². The van der Waals surface area contributed by atoms with Gasteiger partial charge in [0, 0.05) is 0 Å². The van der Waals surface area contributed by atoms with E-state index in [4.69, 9.17) is 5.11 Å². The van der Waals surface area contributed by atoms with Gasteiger partial charge >= 0.3 is 18.0 Å². The number of carboxylic acids is 1. The fourth-order valence-corrected chi connectivity index (χ4v) is 2.44. The quantitative estimate of drug-likeness (QED) is 0.763. The third-order valence-corrected chi connectivity index (χ3v) is 3.65. The van der Waals surface area contributed by atoms with Gasteiger partial charge < -0.3 is 9.84 Å². The van der Waals surface area contributed by atoms with Crippen molar-refractivity contribution >= 4 is 28.0 Å². The zero-order valence-corrected chi connectivity index (χ0v) is 10.5. The number of hydrogen-bond donors (Lipinski definition) is 1. The average Bonchev–Trinajstić information content (AvgIpc) is 2.39. The summed E-state index contributed by atoms with van der Waals surface area (Å²) in [6.07, 6.45) is -1.60. The smallest absolute Gasteiger partial charge is 0.431 e. The van der Waals surface area contributed by atoms with Crippen molar-refractivity contribution in [2.75, 3.05) is 7.11 Å². The molecule has 1 aromatic carbocycles. The number of nitrogens with zero attached hydrogens (tertiary/aromatic N) is 1. The first-order chi connectivity index (χ1) is 8.82. The second-order valence-electron chi connectivity index (χ2n) is 3.16. The van der Waals surface area contributed by atoms with Gasteiger partial charge in [0.1, 0.15) is 0 Å². The molecule has 8 nitrogen and oxygen atoms in total. The lowest BCUT2D eigenvalue weighted by Gasteiger charge is -2.17. The van der Waals surface area contributed by atoms with Crippen LogP contribution in [0.3, 0.4) is 0 Å². The number of carboxylic acid groups (broad SMARTS) is 1. The molecule has 1 N–H and O–H groups in total. The van der Waals surface area contributed by atoms with Crippen LogP contribution >= 0.6 is 0 Å². The maximum atomic E-state index is 12.0. The molecule has 19 heavy (non-hydrogen) atoms. The van der Waals surface area contributed by atoms with E-state index in [-0.39, 0.29) is 0 Å². The Balaban J connectivity index is 3.37. The lowest BCUT2D eigenvalue weighted by atomic mass is 10.4. The monoisotopic (exact) mass is 287 g/mol. The molecular weight excluding hydrogens is 278 g/mol. The summed E-state index contributed by atoms with van der Waals surface area (Å²) >= 11 is 0. The van der Waals surface area contributed by atoms with E-state index in [0.29, 0.717) is 0 Å². The minimum Gasteiger partial charge on any atom is -0.474 e. The SMILES string of the molecule is COC(=O)N(C(=O)C(=O)O)S(=O)(=O)c1ccccc1. The van der Waals surface area contributed by atoms with Crippen LogP contribution in [0.5, 0.6) is 0 Å². The Kier molecular flexibility index (Phi) is 4.22. The lowest BCUT2D eigenvalue weighted by Crippen LogP contribution is -2.45. The number of imide groups is 1. The molecular formula is C10H9NO7S. The molecule has 0 atom stereocenters. The van der Waals surface area contributed by atoms with Crippen molar-refractivity contribution in [2.45, 2.75) is 4.90 Å². The summed E-state index contributed by atoms with van der Waals surface area (Å²) in [4.78, 5) is 32.8. The molecule has 102 valence electrons. The maximum absolute atomic E-state index is 12.0. The average molecular weight is 287 g/mol. The second kappa shape index (κ2) is 5.48. The Labute approximate surface area is 108 Å². The summed E-state index contributed by atoms with van der Waals surface area (Å²) in [6, 6.07) is 6.45. The molecule has 0 aliphatic carbocycles. The van der Waals surface area contributed by atoms with E-state index in [1.807, 2.05) is 0 Å². The van der Waals surface area contributed by atoms with Crippen LogP contribution in [0, 0.1) is 0 Å². The Morgan fingerprint density at radius 3 is 2.11 bits per heavy atom. The summed E-state index contributed by atoms with van der Waals surface area (Å²) in [5.74, 6) is -4.01. The van der Waals surface area contributed by atoms with E-state index in [1.54, 1.807) is 0 Å². The molecule has 9 heteroatoms. The molecule has 0 unspecified atom stereocenters. The number of sulfonamides is 1. The fraction of sp³-hybridized carbons (Fsp3) is 0.100. The number of aliphatic carboxylic acids is 1. The minimum absolute atomic E-state index is 0.407. The Hall–Kier alpha value is -2.42.